The minimum atomic E-state index is -0.551. The van der Waals surface area contributed by atoms with Crippen molar-refractivity contribution >= 4 is 22.7 Å². The maximum atomic E-state index is 12.8. The molecule has 8 heteroatoms. The average molecular weight is 353 g/mol. The largest absolute Gasteiger partial charge is 0.468 e. The number of esters is 1. The van der Waals surface area contributed by atoms with Crippen molar-refractivity contribution in [2.75, 3.05) is 7.11 Å². The molecule has 0 radical (unpaired) electrons. The van der Waals surface area contributed by atoms with E-state index in [2.05, 4.69) is 9.72 Å². The van der Waals surface area contributed by atoms with E-state index in [1.807, 2.05) is 0 Å². The number of fused-ring (bicyclic) bond motifs is 1. The van der Waals surface area contributed by atoms with Crippen LogP contribution in [0.5, 0.6) is 0 Å². The Morgan fingerprint density at radius 2 is 2.00 bits per heavy atom. The third-order valence-corrected chi connectivity index (χ3v) is 3.93. The number of rotatable bonds is 5. The van der Waals surface area contributed by atoms with Crippen LogP contribution in [0.1, 0.15) is 11.3 Å². The standard InChI is InChI=1S/C18H15N3O5/c1-26-17(22)11-20-16-8-3-2-7-14(16)19-15(18(20)23)10-12-5-4-6-13(9-12)21(24)25/h2-9H,10-11H2,1H3. The predicted molar refractivity (Wildman–Crippen MR) is 93.9 cm³/mol. The summed E-state index contributed by atoms with van der Waals surface area (Å²) in [5.41, 5.74) is 1.37. The van der Waals surface area contributed by atoms with Gasteiger partial charge in [0.25, 0.3) is 11.2 Å². The van der Waals surface area contributed by atoms with Crippen molar-refractivity contribution in [1.29, 1.82) is 0 Å². The number of methoxy groups -OCH3 is 1. The van der Waals surface area contributed by atoms with Gasteiger partial charge in [-0.1, -0.05) is 24.3 Å². The van der Waals surface area contributed by atoms with E-state index in [1.54, 1.807) is 36.4 Å². The molecule has 1 aromatic heterocycles. The summed E-state index contributed by atoms with van der Waals surface area (Å²) < 4.78 is 5.97. The highest BCUT2D eigenvalue weighted by molar-refractivity contribution is 5.77. The lowest BCUT2D eigenvalue weighted by atomic mass is 10.1. The molecule has 0 saturated carbocycles. The average Bonchev–Trinajstić information content (AvgIpc) is 2.65. The van der Waals surface area contributed by atoms with E-state index in [0.717, 1.165) is 0 Å². The molecule has 0 aliphatic carbocycles. The first-order valence-corrected chi connectivity index (χ1v) is 7.78. The summed E-state index contributed by atoms with van der Waals surface area (Å²) >= 11 is 0. The Labute approximate surface area is 147 Å². The summed E-state index contributed by atoms with van der Waals surface area (Å²) in [5, 5.41) is 10.9. The molecule has 0 amide bonds. The second kappa shape index (κ2) is 7.14. The van der Waals surface area contributed by atoms with Gasteiger partial charge in [-0.2, -0.15) is 0 Å². The van der Waals surface area contributed by atoms with Gasteiger partial charge in [0, 0.05) is 18.6 Å². The number of nitrogens with zero attached hydrogens (tertiary/aromatic N) is 3. The maximum absolute atomic E-state index is 12.8. The first kappa shape index (κ1) is 17.3. The molecule has 0 fully saturated rings. The molecule has 26 heavy (non-hydrogen) atoms. The van der Waals surface area contributed by atoms with Gasteiger partial charge in [-0.25, -0.2) is 4.98 Å². The lowest BCUT2D eigenvalue weighted by Gasteiger charge is -2.11. The summed E-state index contributed by atoms with van der Waals surface area (Å²) in [4.78, 5) is 39.3. The summed E-state index contributed by atoms with van der Waals surface area (Å²) in [6.45, 7) is -0.236. The highest BCUT2D eigenvalue weighted by Gasteiger charge is 2.15. The van der Waals surface area contributed by atoms with Crippen molar-refractivity contribution in [3.8, 4) is 0 Å². The van der Waals surface area contributed by atoms with Gasteiger partial charge in [0.1, 0.15) is 12.2 Å². The fraction of sp³-hybridized carbons (Fsp3) is 0.167. The van der Waals surface area contributed by atoms with E-state index >= 15 is 0 Å². The van der Waals surface area contributed by atoms with Crippen molar-refractivity contribution in [2.24, 2.45) is 0 Å². The molecule has 1 heterocycles. The number of aromatic nitrogens is 2. The number of non-ortho nitro benzene ring substituents is 1. The normalized spacial score (nSPS) is 10.7. The van der Waals surface area contributed by atoms with E-state index in [0.29, 0.717) is 16.6 Å². The highest BCUT2D eigenvalue weighted by Crippen LogP contribution is 2.16. The predicted octanol–water partition coefficient (Wildman–Crippen LogP) is 2.07. The molecule has 0 saturated heterocycles. The van der Waals surface area contributed by atoms with Crippen molar-refractivity contribution in [3.63, 3.8) is 0 Å². The lowest BCUT2D eigenvalue weighted by molar-refractivity contribution is -0.384. The maximum Gasteiger partial charge on any atom is 0.325 e. The number of para-hydroxylation sites is 2. The first-order chi connectivity index (χ1) is 12.5. The third kappa shape index (κ3) is 3.44. The van der Waals surface area contributed by atoms with E-state index in [-0.39, 0.29) is 24.3 Å². The van der Waals surface area contributed by atoms with Crippen molar-refractivity contribution in [3.05, 3.63) is 80.3 Å². The van der Waals surface area contributed by atoms with Gasteiger partial charge in [0.15, 0.2) is 0 Å². The molecule has 3 rings (SSSR count). The molecular weight excluding hydrogens is 338 g/mol. The number of nitro groups is 1. The van der Waals surface area contributed by atoms with Crippen LogP contribution in [0.4, 0.5) is 5.69 Å². The topological polar surface area (TPSA) is 104 Å². The Bertz CT molecular complexity index is 1060. The Hall–Kier alpha value is -3.55. The van der Waals surface area contributed by atoms with Crippen LogP contribution in [0.25, 0.3) is 11.0 Å². The molecule has 3 aromatic rings. The smallest absolute Gasteiger partial charge is 0.325 e. The molecule has 0 unspecified atom stereocenters. The second-order valence-corrected chi connectivity index (χ2v) is 5.62. The van der Waals surface area contributed by atoms with Crippen LogP contribution >= 0.6 is 0 Å². The van der Waals surface area contributed by atoms with Crippen LogP contribution in [0.2, 0.25) is 0 Å². The molecule has 0 bridgehead atoms. The molecule has 8 nitrogen and oxygen atoms in total. The molecule has 0 spiro atoms. The molecule has 0 N–H and O–H groups in total. The minimum Gasteiger partial charge on any atom is -0.468 e. The van der Waals surface area contributed by atoms with Crippen molar-refractivity contribution in [1.82, 2.24) is 9.55 Å². The number of hydrogen-bond donors (Lipinski definition) is 0. The monoisotopic (exact) mass is 353 g/mol. The Morgan fingerprint density at radius 1 is 1.23 bits per heavy atom. The number of benzene rings is 2. The van der Waals surface area contributed by atoms with Crippen molar-refractivity contribution < 1.29 is 14.5 Å². The van der Waals surface area contributed by atoms with Crippen LogP contribution in [0, 0.1) is 10.1 Å². The van der Waals surface area contributed by atoms with Crippen molar-refractivity contribution in [2.45, 2.75) is 13.0 Å². The van der Waals surface area contributed by atoms with Gasteiger partial charge in [-0.3, -0.25) is 24.3 Å². The van der Waals surface area contributed by atoms with E-state index in [9.17, 15) is 19.7 Å². The molecule has 2 aromatic carbocycles. The number of hydrogen-bond acceptors (Lipinski definition) is 6. The molecule has 0 aliphatic rings. The van der Waals surface area contributed by atoms with E-state index in [1.165, 1.54) is 23.8 Å². The number of ether oxygens (including phenoxy) is 1. The summed E-state index contributed by atoms with van der Waals surface area (Å²) in [6.07, 6.45) is 0.118. The van der Waals surface area contributed by atoms with E-state index in [4.69, 9.17) is 0 Å². The summed E-state index contributed by atoms with van der Waals surface area (Å²) in [6, 6.07) is 13.0. The molecule has 0 aliphatic heterocycles. The molecule has 132 valence electrons. The van der Waals surface area contributed by atoms with Gasteiger partial charge in [-0.05, 0) is 17.7 Å². The Balaban J connectivity index is 2.10. The Morgan fingerprint density at radius 3 is 2.73 bits per heavy atom. The van der Waals surface area contributed by atoms with Crippen LogP contribution in [-0.2, 0) is 22.5 Å². The van der Waals surface area contributed by atoms with Gasteiger partial charge >= 0.3 is 5.97 Å². The van der Waals surface area contributed by atoms with Crippen LogP contribution in [-0.4, -0.2) is 27.6 Å². The molecule has 0 atom stereocenters. The van der Waals surface area contributed by atoms with Gasteiger partial charge in [0.05, 0.1) is 23.1 Å². The van der Waals surface area contributed by atoms with Crippen LogP contribution in [0.15, 0.2) is 53.3 Å². The quantitative estimate of drug-likeness (QED) is 0.395. The zero-order chi connectivity index (χ0) is 18.7. The van der Waals surface area contributed by atoms with Crippen LogP contribution < -0.4 is 5.56 Å². The number of carbonyl (C=O) groups is 1. The van der Waals surface area contributed by atoms with Gasteiger partial charge in [-0.15, -0.1) is 0 Å². The first-order valence-electron chi connectivity index (χ1n) is 7.78. The fourth-order valence-electron chi connectivity index (χ4n) is 2.68. The number of nitro benzene ring substituents is 1. The zero-order valence-electron chi connectivity index (χ0n) is 13.9. The molecular formula is C18H15N3O5. The zero-order valence-corrected chi connectivity index (χ0v) is 13.9. The highest BCUT2D eigenvalue weighted by atomic mass is 16.6. The summed E-state index contributed by atoms with van der Waals surface area (Å²) in [7, 11) is 1.25. The summed E-state index contributed by atoms with van der Waals surface area (Å²) in [5.74, 6) is -0.551. The minimum absolute atomic E-state index is 0.0572. The second-order valence-electron chi connectivity index (χ2n) is 5.62. The van der Waals surface area contributed by atoms with Gasteiger partial charge < -0.3 is 4.74 Å². The lowest BCUT2D eigenvalue weighted by Crippen LogP contribution is -2.29. The Kier molecular flexibility index (Phi) is 4.74. The third-order valence-electron chi connectivity index (χ3n) is 3.93. The fourth-order valence-corrected chi connectivity index (χ4v) is 2.68. The number of carbonyl (C=O) groups excluding carboxylic acids is 1. The van der Waals surface area contributed by atoms with Crippen LogP contribution in [0.3, 0.4) is 0 Å². The SMILES string of the molecule is COC(=O)Cn1c(=O)c(Cc2cccc([N+](=O)[O-])c2)nc2ccccc21. The van der Waals surface area contributed by atoms with E-state index < -0.39 is 16.5 Å². The van der Waals surface area contributed by atoms with Gasteiger partial charge in [0.2, 0.25) is 0 Å².